The average molecular weight is 356 g/mol. The number of aromatic hydroxyl groups is 1. The molecular weight excluding hydrogens is 328 g/mol. The van der Waals surface area contributed by atoms with E-state index < -0.39 is 5.97 Å². The first-order chi connectivity index (χ1) is 12.6. The summed E-state index contributed by atoms with van der Waals surface area (Å²) in [6, 6.07) is 8.32. The maximum Gasteiger partial charge on any atom is 0.339 e. The third-order valence-electron chi connectivity index (χ3n) is 4.45. The van der Waals surface area contributed by atoms with Crippen molar-refractivity contribution in [3.8, 4) is 11.5 Å². The molecule has 2 aromatic rings. The number of carbonyl (C=O) groups is 1. The first kappa shape index (κ1) is 19.8. The summed E-state index contributed by atoms with van der Waals surface area (Å²) in [5.41, 5.74) is -0.107. The van der Waals surface area contributed by atoms with Crippen LogP contribution in [0.2, 0.25) is 0 Å². The van der Waals surface area contributed by atoms with E-state index >= 15 is 0 Å². The number of unbranched alkanes of at least 4 members (excludes halogenated alkanes) is 7. The van der Waals surface area contributed by atoms with Gasteiger partial charge in [-0.2, -0.15) is 0 Å². The zero-order valence-corrected chi connectivity index (χ0v) is 15.4. The normalized spacial score (nSPS) is 11.3. The molecule has 4 nitrogen and oxygen atoms in total. The molecule has 26 heavy (non-hydrogen) atoms. The monoisotopic (exact) mass is 356 g/mol. The van der Waals surface area contributed by atoms with E-state index in [2.05, 4.69) is 6.92 Å². The van der Waals surface area contributed by atoms with Crippen molar-refractivity contribution in [1.82, 2.24) is 0 Å². The van der Waals surface area contributed by atoms with Crippen LogP contribution in [-0.2, 0) is 0 Å². The van der Waals surface area contributed by atoms with Crippen molar-refractivity contribution >= 4 is 16.7 Å². The van der Waals surface area contributed by atoms with E-state index in [4.69, 9.17) is 9.84 Å². The van der Waals surface area contributed by atoms with Gasteiger partial charge < -0.3 is 14.9 Å². The van der Waals surface area contributed by atoms with E-state index in [1.54, 1.807) is 18.4 Å². The van der Waals surface area contributed by atoms with Crippen LogP contribution in [0, 0.1) is 0 Å². The molecule has 0 spiro atoms. The predicted molar refractivity (Wildman–Crippen MR) is 105 cm³/mol. The van der Waals surface area contributed by atoms with Crippen molar-refractivity contribution in [2.24, 2.45) is 0 Å². The van der Waals surface area contributed by atoms with Crippen LogP contribution >= 0.6 is 0 Å². The van der Waals surface area contributed by atoms with Crippen molar-refractivity contribution in [3.63, 3.8) is 0 Å². The minimum Gasteiger partial charge on any atom is -0.507 e. The van der Waals surface area contributed by atoms with Crippen LogP contribution in [0.4, 0.5) is 0 Å². The topological polar surface area (TPSA) is 66.8 Å². The average Bonchev–Trinajstić information content (AvgIpc) is 2.62. The molecule has 0 amide bonds. The summed E-state index contributed by atoms with van der Waals surface area (Å²) in [7, 11) is 0. The van der Waals surface area contributed by atoms with Gasteiger partial charge in [0.05, 0.1) is 6.26 Å². The largest absolute Gasteiger partial charge is 0.507 e. The van der Waals surface area contributed by atoms with Crippen LogP contribution in [-0.4, -0.2) is 16.2 Å². The fraction of sp³-hybridized carbons (Fsp3) is 0.409. The molecule has 0 heterocycles. The second-order valence-corrected chi connectivity index (χ2v) is 6.55. The smallest absolute Gasteiger partial charge is 0.339 e. The first-order valence-electron chi connectivity index (χ1n) is 9.44. The molecule has 0 aliphatic heterocycles. The van der Waals surface area contributed by atoms with Gasteiger partial charge in [-0.3, -0.25) is 0 Å². The summed E-state index contributed by atoms with van der Waals surface area (Å²) < 4.78 is 5.70. The lowest BCUT2D eigenvalue weighted by molar-refractivity contribution is 0.0694. The quantitative estimate of drug-likeness (QED) is 0.367. The van der Waals surface area contributed by atoms with Gasteiger partial charge in [0, 0.05) is 5.39 Å². The Bertz CT molecular complexity index is 749. The van der Waals surface area contributed by atoms with Gasteiger partial charge in [-0.15, -0.1) is 0 Å². The molecule has 0 aliphatic rings. The van der Waals surface area contributed by atoms with E-state index in [0.717, 1.165) is 18.2 Å². The highest BCUT2D eigenvalue weighted by Gasteiger charge is 2.12. The number of fused-ring (bicyclic) bond motifs is 1. The first-order valence-corrected chi connectivity index (χ1v) is 9.44. The van der Waals surface area contributed by atoms with Crippen molar-refractivity contribution in [3.05, 3.63) is 48.2 Å². The number of carboxylic acid groups (broad SMARTS) is 1. The molecular formula is C22H28O4. The Morgan fingerprint density at radius 3 is 2.54 bits per heavy atom. The third kappa shape index (κ3) is 5.80. The Labute approximate surface area is 155 Å². The number of rotatable bonds is 11. The van der Waals surface area contributed by atoms with Crippen molar-refractivity contribution in [2.45, 2.75) is 58.3 Å². The minimum atomic E-state index is -1.15. The molecule has 0 bridgehead atoms. The molecule has 0 radical (unpaired) electrons. The van der Waals surface area contributed by atoms with Crippen molar-refractivity contribution in [2.75, 3.05) is 0 Å². The Morgan fingerprint density at radius 1 is 1.08 bits per heavy atom. The summed E-state index contributed by atoms with van der Waals surface area (Å²) >= 11 is 0. The Morgan fingerprint density at radius 2 is 1.81 bits per heavy atom. The van der Waals surface area contributed by atoms with Crippen LogP contribution in [0.5, 0.6) is 11.5 Å². The van der Waals surface area contributed by atoms with Crippen LogP contribution < -0.4 is 4.74 Å². The second kappa shape index (κ2) is 10.5. The highest BCUT2D eigenvalue weighted by molar-refractivity contribution is 5.99. The lowest BCUT2D eigenvalue weighted by Gasteiger charge is -2.08. The van der Waals surface area contributed by atoms with Crippen molar-refractivity contribution < 1.29 is 19.7 Å². The van der Waals surface area contributed by atoms with Crippen LogP contribution in [0.15, 0.2) is 42.7 Å². The molecule has 0 atom stereocenters. The summed E-state index contributed by atoms with van der Waals surface area (Å²) in [6.45, 7) is 2.23. The minimum absolute atomic E-state index is 0.107. The number of allylic oxidation sites excluding steroid dienone is 1. The molecule has 0 fully saturated rings. The lowest BCUT2D eigenvalue weighted by atomic mass is 10.1. The Balaban J connectivity index is 1.87. The maximum absolute atomic E-state index is 11.1. The number of phenols is 1. The molecule has 0 aliphatic carbocycles. The maximum atomic E-state index is 11.1. The van der Waals surface area contributed by atoms with E-state index in [9.17, 15) is 9.90 Å². The molecule has 0 saturated carbocycles. The number of benzene rings is 2. The standard InChI is InChI=1S/C22H28O4/c1-2-3-4-5-6-7-8-9-10-14-26-21-13-11-12-17-15-19(22(24)25)20(23)16-18(17)21/h10-16,23H,2-9H2,1H3,(H,24,25). The zero-order valence-electron chi connectivity index (χ0n) is 15.4. The van der Waals surface area contributed by atoms with Gasteiger partial charge in [0.25, 0.3) is 0 Å². The molecule has 0 aromatic heterocycles. The van der Waals surface area contributed by atoms with Crippen LogP contribution in [0.1, 0.15) is 68.6 Å². The van der Waals surface area contributed by atoms with E-state index in [0.29, 0.717) is 11.1 Å². The number of aromatic carboxylic acids is 1. The van der Waals surface area contributed by atoms with Gasteiger partial charge in [-0.1, -0.05) is 57.6 Å². The third-order valence-corrected chi connectivity index (χ3v) is 4.45. The molecule has 140 valence electrons. The van der Waals surface area contributed by atoms with Gasteiger partial charge >= 0.3 is 5.97 Å². The fourth-order valence-corrected chi connectivity index (χ4v) is 2.97. The van der Waals surface area contributed by atoms with E-state index in [1.807, 2.05) is 12.1 Å². The number of ether oxygens (including phenoxy) is 1. The number of hydrogen-bond donors (Lipinski definition) is 2. The summed E-state index contributed by atoms with van der Waals surface area (Å²) in [4.78, 5) is 11.1. The highest BCUT2D eigenvalue weighted by atomic mass is 16.5. The molecule has 2 N–H and O–H groups in total. The lowest BCUT2D eigenvalue weighted by Crippen LogP contribution is -1.97. The van der Waals surface area contributed by atoms with Gasteiger partial charge in [0.2, 0.25) is 0 Å². The van der Waals surface area contributed by atoms with E-state index in [-0.39, 0.29) is 11.3 Å². The number of hydrogen-bond acceptors (Lipinski definition) is 3. The van der Waals surface area contributed by atoms with Crippen LogP contribution in [0.3, 0.4) is 0 Å². The predicted octanol–water partition coefficient (Wildman–Crippen LogP) is 6.28. The summed E-state index contributed by atoms with van der Waals surface area (Å²) in [5.74, 6) is -0.802. The fourth-order valence-electron chi connectivity index (χ4n) is 2.97. The zero-order chi connectivity index (χ0) is 18.8. The van der Waals surface area contributed by atoms with Gasteiger partial charge in [0.1, 0.15) is 17.1 Å². The van der Waals surface area contributed by atoms with Gasteiger partial charge in [-0.05, 0) is 42.5 Å². The highest BCUT2D eigenvalue weighted by Crippen LogP contribution is 2.31. The Kier molecular flexibility index (Phi) is 8.00. The number of carboxylic acids is 1. The van der Waals surface area contributed by atoms with Crippen molar-refractivity contribution in [1.29, 1.82) is 0 Å². The summed E-state index contributed by atoms with van der Waals surface area (Å²) in [6.07, 6.45) is 13.6. The summed E-state index contributed by atoms with van der Waals surface area (Å²) in [5, 5.41) is 20.4. The second-order valence-electron chi connectivity index (χ2n) is 6.55. The van der Waals surface area contributed by atoms with Gasteiger partial charge in [0.15, 0.2) is 0 Å². The molecule has 0 saturated heterocycles. The molecule has 0 unspecified atom stereocenters. The Hall–Kier alpha value is -2.49. The van der Waals surface area contributed by atoms with Crippen LogP contribution in [0.25, 0.3) is 10.8 Å². The molecule has 2 aromatic carbocycles. The van der Waals surface area contributed by atoms with E-state index in [1.165, 1.54) is 50.7 Å². The SMILES string of the molecule is CCCCCCCCCC=COc1cccc2cc(C(=O)O)c(O)cc12. The van der Waals surface area contributed by atoms with Gasteiger partial charge in [-0.25, -0.2) is 4.79 Å². The molecule has 2 rings (SSSR count). The molecule has 4 heteroatoms.